The molecule has 0 aromatic rings. The van der Waals surface area contributed by atoms with Crippen molar-refractivity contribution in [2.75, 3.05) is 6.61 Å². The van der Waals surface area contributed by atoms with Crippen molar-refractivity contribution in [2.45, 2.75) is 6.42 Å². The summed E-state index contributed by atoms with van der Waals surface area (Å²) in [6.07, 6.45) is 10.8. The third-order valence-corrected chi connectivity index (χ3v) is 5.08. The zero-order valence-electron chi connectivity index (χ0n) is 7.56. The van der Waals surface area contributed by atoms with E-state index in [1.807, 2.05) is 0 Å². The highest BCUT2D eigenvalue weighted by Gasteiger charge is 2.77. The summed E-state index contributed by atoms with van der Waals surface area (Å²) in [4.78, 5) is 0. The molecule has 6 bridgehead atoms. The van der Waals surface area contributed by atoms with Gasteiger partial charge in [0.15, 0.2) is 0 Å². The molecular weight excluding hydrogens is 160 g/mol. The third-order valence-electron chi connectivity index (χ3n) is 5.08. The zero-order chi connectivity index (χ0) is 8.63. The SMILES string of the molecule is OCC12C3C=CCC4C3C=CC1C42. The summed E-state index contributed by atoms with van der Waals surface area (Å²) in [5, 5.41) is 9.57. The lowest BCUT2D eigenvalue weighted by molar-refractivity contribution is 0.154. The molecule has 6 atom stereocenters. The predicted molar refractivity (Wildman–Crippen MR) is 49.9 cm³/mol. The highest BCUT2D eigenvalue weighted by atomic mass is 16.3. The number of aliphatic hydroxyl groups excluding tert-OH is 1. The molecule has 5 aliphatic rings. The summed E-state index contributed by atoms with van der Waals surface area (Å²) >= 11 is 0. The van der Waals surface area contributed by atoms with Gasteiger partial charge in [-0.1, -0.05) is 24.3 Å². The largest absolute Gasteiger partial charge is 0.396 e. The fraction of sp³-hybridized carbons (Fsp3) is 0.667. The van der Waals surface area contributed by atoms with Gasteiger partial charge in [-0.15, -0.1) is 0 Å². The van der Waals surface area contributed by atoms with Gasteiger partial charge in [0.2, 0.25) is 0 Å². The standard InChI is InChI=1S/C12H14O/c13-6-12-9-3-1-2-8-7(9)4-5-10(12)11(8)12/h1,3-5,7-11,13H,2,6H2. The van der Waals surface area contributed by atoms with E-state index in [1.54, 1.807) is 0 Å². The van der Waals surface area contributed by atoms with Gasteiger partial charge in [-0.2, -0.15) is 0 Å². The van der Waals surface area contributed by atoms with Gasteiger partial charge in [0.05, 0.1) is 6.61 Å². The number of hydrogen-bond donors (Lipinski definition) is 1. The Morgan fingerprint density at radius 1 is 1.23 bits per heavy atom. The molecule has 5 rings (SSSR count). The van der Waals surface area contributed by atoms with Gasteiger partial charge >= 0.3 is 0 Å². The second kappa shape index (κ2) is 1.78. The van der Waals surface area contributed by atoms with Crippen molar-refractivity contribution in [1.82, 2.24) is 0 Å². The van der Waals surface area contributed by atoms with Gasteiger partial charge in [-0.05, 0) is 36.0 Å². The predicted octanol–water partition coefficient (Wildman–Crippen LogP) is 1.60. The van der Waals surface area contributed by atoms with Gasteiger partial charge in [0, 0.05) is 5.41 Å². The second-order valence-corrected chi connectivity index (χ2v) is 5.14. The van der Waals surface area contributed by atoms with E-state index < -0.39 is 0 Å². The molecule has 0 aromatic carbocycles. The minimum atomic E-state index is 0.303. The Morgan fingerprint density at radius 2 is 2.15 bits per heavy atom. The summed E-state index contributed by atoms with van der Waals surface area (Å²) in [5.74, 6) is 3.87. The third kappa shape index (κ3) is 0.494. The van der Waals surface area contributed by atoms with Crippen LogP contribution in [0, 0.1) is 35.0 Å². The van der Waals surface area contributed by atoms with E-state index in [-0.39, 0.29) is 0 Å². The fourth-order valence-electron chi connectivity index (χ4n) is 4.61. The molecule has 6 unspecified atom stereocenters. The Labute approximate surface area is 78.1 Å². The average molecular weight is 174 g/mol. The van der Waals surface area contributed by atoms with Crippen molar-refractivity contribution in [3.63, 3.8) is 0 Å². The van der Waals surface area contributed by atoms with E-state index >= 15 is 0 Å². The van der Waals surface area contributed by atoms with Crippen LogP contribution in [0.2, 0.25) is 0 Å². The Hall–Kier alpha value is -0.560. The number of hydrogen-bond acceptors (Lipinski definition) is 1. The Kier molecular flexibility index (Phi) is 0.937. The van der Waals surface area contributed by atoms with Crippen LogP contribution in [0.5, 0.6) is 0 Å². The summed E-state index contributed by atoms with van der Waals surface area (Å²) in [7, 11) is 0. The van der Waals surface area contributed by atoms with Crippen molar-refractivity contribution in [3.05, 3.63) is 24.3 Å². The first-order valence-electron chi connectivity index (χ1n) is 5.35. The summed E-state index contributed by atoms with van der Waals surface area (Å²) in [6.45, 7) is 0.411. The molecular formula is C12H14O. The molecule has 0 heterocycles. The van der Waals surface area contributed by atoms with Crippen LogP contribution in [-0.4, -0.2) is 11.7 Å². The minimum absolute atomic E-state index is 0.303. The molecule has 0 amide bonds. The molecule has 68 valence electrons. The van der Waals surface area contributed by atoms with Crippen molar-refractivity contribution in [1.29, 1.82) is 0 Å². The lowest BCUT2D eigenvalue weighted by Crippen LogP contribution is -2.30. The molecule has 0 radical (unpaired) electrons. The lowest BCUT2D eigenvalue weighted by Gasteiger charge is -2.35. The topological polar surface area (TPSA) is 20.2 Å². The molecule has 1 N–H and O–H groups in total. The average Bonchev–Trinajstić information content (AvgIpc) is 2.86. The molecule has 0 aliphatic heterocycles. The van der Waals surface area contributed by atoms with E-state index in [0.29, 0.717) is 17.9 Å². The minimum Gasteiger partial charge on any atom is -0.396 e. The highest BCUT2D eigenvalue weighted by molar-refractivity contribution is 5.38. The van der Waals surface area contributed by atoms with E-state index in [0.717, 1.165) is 23.7 Å². The molecule has 5 aliphatic carbocycles. The Balaban J connectivity index is 1.94. The molecule has 1 nitrogen and oxygen atoms in total. The van der Waals surface area contributed by atoms with Crippen LogP contribution in [0.1, 0.15) is 6.42 Å². The molecule has 0 saturated heterocycles. The summed E-state index contributed by atoms with van der Waals surface area (Å²) in [5.41, 5.74) is 0.303. The van der Waals surface area contributed by atoms with Gasteiger partial charge in [0.1, 0.15) is 0 Å². The maximum atomic E-state index is 9.57. The molecule has 2 saturated carbocycles. The van der Waals surface area contributed by atoms with Crippen LogP contribution in [-0.2, 0) is 0 Å². The summed E-state index contributed by atoms with van der Waals surface area (Å²) in [6, 6.07) is 0. The fourth-order valence-corrected chi connectivity index (χ4v) is 4.61. The van der Waals surface area contributed by atoms with Crippen LogP contribution in [0.4, 0.5) is 0 Å². The molecule has 1 heteroatoms. The molecule has 0 spiro atoms. The highest BCUT2D eigenvalue weighted by Crippen LogP contribution is 2.79. The Bertz CT molecular complexity index is 330. The first kappa shape index (κ1) is 6.83. The maximum Gasteiger partial charge on any atom is 0.0502 e. The smallest absolute Gasteiger partial charge is 0.0502 e. The van der Waals surface area contributed by atoms with Crippen LogP contribution in [0.3, 0.4) is 0 Å². The van der Waals surface area contributed by atoms with Gasteiger partial charge in [-0.3, -0.25) is 0 Å². The van der Waals surface area contributed by atoms with E-state index in [4.69, 9.17) is 0 Å². The normalized spacial score (nSPS) is 64.2. The van der Waals surface area contributed by atoms with Crippen LogP contribution in [0.15, 0.2) is 24.3 Å². The first-order valence-corrected chi connectivity index (χ1v) is 5.35. The van der Waals surface area contributed by atoms with Crippen molar-refractivity contribution >= 4 is 0 Å². The maximum absolute atomic E-state index is 9.57. The number of aliphatic hydroxyl groups is 1. The van der Waals surface area contributed by atoms with Gasteiger partial charge in [0.25, 0.3) is 0 Å². The molecule has 13 heavy (non-hydrogen) atoms. The van der Waals surface area contributed by atoms with Crippen molar-refractivity contribution < 1.29 is 5.11 Å². The van der Waals surface area contributed by atoms with E-state index in [9.17, 15) is 5.11 Å². The van der Waals surface area contributed by atoms with Crippen LogP contribution >= 0.6 is 0 Å². The second-order valence-electron chi connectivity index (χ2n) is 5.14. The zero-order valence-corrected chi connectivity index (χ0v) is 7.56. The Morgan fingerprint density at radius 3 is 2.92 bits per heavy atom. The van der Waals surface area contributed by atoms with Gasteiger partial charge < -0.3 is 5.11 Å². The van der Waals surface area contributed by atoms with E-state index in [1.165, 1.54) is 6.42 Å². The lowest BCUT2D eigenvalue weighted by atomic mass is 9.70. The quantitative estimate of drug-likeness (QED) is 0.599. The van der Waals surface area contributed by atoms with Crippen LogP contribution in [0.25, 0.3) is 0 Å². The van der Waals surface area contributed by atoms with Crippen molar-refractivity contribution in [3.8, 4) is 0 Å². The number of rotatable bonds is 1. The van der Waals surface area contributed by atoms with Gasteiger partial charge in [-0.25, -0.2) is 0 Å². The monoisotopic (exact) mass is 174 g/mol. The van der Waals surface area contributed by atoms with Crippen molar-refractivity contribution in [2.24, 2.45) is 35.0 Å². The molecule has 0 aromatic heterocycles. The van der Waals surface area contributed by atoms with E-state index in [2.05, 4.69) is 24.3 Å². The number of allylic oxidation sites excluding steroid dienone is 4. The first-order chi connectivity index (χ1) is 6.39. The summed E-state index contributed by atoms with van der Waals surface area (Å²) < 4.78 is 0. The van der Waals surface area contributed by atoms with Crippen LogP contribution < -0.4 is 0 Å². The molecule has 2 fully saturated rings.